The highest BCUT2D eigenvalue weighted by molar-refractivity contribution is 5.99. The molecular weight excluding hydrogens is 262 g/mol. The highest BCUT2D eigenvalue weighted by atomic mass is 16.1. The average Bonchev–Trinajstić information content (AvgIpc) is 2.48. The predicted molar refractivity (Wildman–Crippen MR) is 86.9 cm³/mol. The van der Waals surface area contributed by atoms with Crippen molar-refractivity contribution in [1.29, 1.82) is 0 Å². The summed E-state index contributed by atoms with van der Waals surface area (Å²) in [6.07, 6.45) is 3.54. The van der Waals surface area contributed by atoms with Crippen molar-refractivity contribution in [2.24, 2.45) is 10.7 Å². The van der Waals surface area contributed by atoms with Gasteiger partial charge in [-0.15, -0.1) is 0 Å². The third kappa shape index (κ3) is 4.62. The lowest BCUT2D eigenvalue weighted by atomic mass is 10.2. The second-order valence-electron chi connectivity index (χ2n) is 4.50. The number of hydrogen-bond acceptors (Lipinski definition) is 2. The molecule has 2 aromatic rings. The molecule has 106 valence electrons. The third-order valence-electron chi connectivity index (χ3n) is 2.76. The van der Waals surface area contributed by atoms with E-state index in [0.717, 1.165) is 11.1 Å². The highest BCUT2D eigenvalue weighted by Crippen LogP contribution is 2.10. The summed E-state index contributed by atoms with van der Waals surface area (Å²) in [5.41, 5.74) is 8.46. The fraction of sp³-hybridized carbons (Fsp3) is 0.0588. The number of anilines is 1. The van der Waals surface area contributed by atoms with Crippen LogP contribution in [0.2, 0.25) is 0 Å². The van der Waals surface area contributed by atoms with E-state index < -0.39 is 0 Å². The number of carbonyl (C=O) groups excluding carboxylic acids is 1. The van der Waals surface area contributed by atoms with Gasteiger partial charge in [-0.2, -0.15) is 0 Å². The van der Waals surface area contributed by atoms with Gasteiger partial charge < -0.3 is 11.1 Å². The quantitative estimate of drug-likeness (QED) is 0.667. The summed E-state index contributed by atoms with van der Waals surface area (Å²) in [4.78, 5) is 15.3. The molecule has 21 heavy (non-hydrogen) atoms. The summed E-state index contributed by atoms with van der Waals surface area (Å²) < 4.78 is 0. The molecule has 4 heteroatoms. The Hall–Kier alpha value is -2.88. The number of amides is 1. The molecule has 0 aliphatic rings. The molecule has 2 aromatic carbocycles. The van der Waals surface area contributed by atoms with Crippen molar-refractivity contribution in [3.05, 3.63) is 71.9 Å². The first-order chi connectivity index (χ1) is 10.1. The van der Waals surface area contributed by atoms with Crippen LogP contribution in [0.15, 0.2) is 65.8 Å². The van der Waals surface area contributed by atoms with Gasteiger partial charge in [0.2, 0.25) is 5.91 Å². The van der Waals surface area contributed by atoms with E-state index in [4.69, 9.17) is 5.73 Å². The topological polar surface area (TPSA) is 67.5 Å². The van der Waals surface area contributed by atoms with Gasteiger partial charge in [0.25, 0.3) is 0 Å². The van der Waals surface area contributed by atoms with Crippen molar-refractivity contribution in [1.82, 2.24) is 0 Å². The zero-order chi connectivity index (χ0) is 15.1. The lowest BCUT2D eigenvalue weighted by molar-refractivity contribution is -0.114. The number of nitrogens with one attached hydrogen (secondary N) is 1. The van der Waals surface area contributed by atoms with Gasteiger partial charge in [0, 0.05) is 24.4 Å². The summed E-state index contributed by atoms with van der Waals surface area (Å²) in [7, 11) is 0. The van der Waals surface area contributed by atoms with Gasteiger partial charge in [0.15, 0.2) is 0 Å². The maximum absolute atomic E-state index is 11.0. The minimum absolute atomic E-state index is 0.119. The first-order valence-electron chi connectivity index (χ1n) is 6.58. The van der Waals surface area contributed by atoms with Crippen LogP contribution in [-0.2, 0) is 4.79 Å². The van der Waals surface area contributed by atoms with Crippen LogP contribution < -0.4 is 11.1 Å². The summed E-state index contributed by atoms with van der Waals surface area (Å²) in [5, 5.41) is 2.71. The average molecular weight is 279 g/mol. The maximum Gasteiger partial charge on any atom is 0.221 e. The molecule has 0 fully saturated rings. The molecule has 0 saturated carbocycles. The minimum Gasteiger partial charge on any atom is -0.383 e. The molecule has 0 radical (unpaired) electrons. The Morgan fingerprint density at radius 2 is 1.90 bits per heavy atom. The standard InChI is InChI=1S/C17H17N3O/c1-13(21)20-16-9-5-8-15(12-16)17(18)19-11-10-14-6-3-2-4-7-14/h2-12H,1H3,(H2,18,19)(H,20,21)/b11-10+. The lowest BCUT2D eigenvalue weighted by Crippen LogP contribution is -2.13. The number of aliphatic imine (C=N–C) groups is 1. The normalized spacial score (nSPS) is 11.6. The van der Waals surface area contributed by atoms with Crippen molar-refractivity contribution < 1.29 is 4.79 Å². The van der Waals surface area contributed by atoms with Gasteiger partial charge in [-0.05, 0) is 23.8 Å². The lowest BCUT2D eigenvalue weighted by Gasteiger charge is -2.04. The molecular formula is C17H17N3O. The van der Waals surface area contributed by atoms with Crippen LogP contribution in [-0.4, -0.2) is 11.7 Å². The van der Waals surface area contributed by atoms with Gasteiger partial charge in [-0.1, -0.05) is 42.5 Å². The van der Waals surface area contributed by atoms with Crippen molar-refractivity contribution in [2.45, 2.75) is 6.92 Å². The number of carbonyl (C=O) groups is 1. The van der Waals surface area contributed by atoms with Crippen LogP contribution in [0.25, 0.3) is 6.08 Å². The first-order valence-corrected chi connectivity index (χ1v) is 6.58. The van der Waals surface area contributed by atoms with Crippen molar-refractivity contribution >= 4 is 23.5 Å². The monoisotopic (exact) mass is 279 g/mol. The van der Waals surface area contributed by atoms with Gasteiger partial charge in [-0.3, -0.25) is 4.79 Å². The van der Waals surface area contributed by atoms with Crippen LogP contribution in [0.5, 0.6) is 0 Å². The van der Waals surface area contributed by atoms with Crippen LogP contribution in [0.3, 0.4) is 0 Å². The van der Waals surface area contributed by atoms with Crippen LogP contribution >= 0.6 is 0 Å². The van der Waals surface area contributed by atoms with E-state index >= 15 is 0 Å². The van der Waals surface area contributed by atoms with Gasteiger partial charge in [0.1, 0.15) is 5.84 Å². The third-order valence-corrected chi connectivity index (χ3v) is 2.76. The number of hydrogen-bond donors (Lipinski definition) is 2. The number of amidine groups is 1. The molecule has 2 rings (SSSR count). The number of benzene rings is 2. The van der Waals surface area contributed by atoms with E-state index in [2.05, 4.69) is 10.3 Å². The molecule has 0 bridgehead atoms. The van der Waals surface area contributed by atoms with E-state index in [1.54, 1.807) is 18.3 Å². The maximum atomic E-state index is 11.0. The fourth-order valence-electron chi connectivity index (χ4n) is 1.80. The summed E-state index contributed by atoms with van der Waals surface area (Å²) in [5.74, 6) is 0.279. The van der Waals surface area contributed by atoms with E-state index in [-0.39, 0.29) is 5.91 Å². The molecule has 0 saturated heterocycles. The van der Waals surface area contributed by atoms with Gasteiger partial charge in [0.05, 0.1) is 0 Å². The summed E-state index contributed by atoms with van der Waals surface area (Å²) >= 11 is 0. The highest BCUT2D eigenvalue weighted by Gasteiger charge is 2.00. The molecule has 0 spiro atoms. The molecule has 0 aromatic heterocycles. The van der Waals surface area contributed by atoms with E-state index in [9.17, 15) is 4.79 Å². The summed E-state index contributed by atoms with van der Waals surface area (Å²) in [6.45, 7) is 1.46. The second-order valence-corrected chi connectivity index (χ2v) is 4.50. The van der Waals surface area contributed by atoms with Crippen LogP contribution in [0.1, 0.15) is 18.1 Å². The Labute approximate surface area is 124 Å². The first kappa shape index (κ1) is 14.5. The Kier molecular flexibility index (Phi) is 4.88. The van der Waals surface area contributed by atoms with Crippen LogP contribution in [0, 0.1) is 0 Å². The SMILES string of the molecule is CC(=O)Nc1cccc(C(N)=N/C=C/c2ccccc2)c1. The molecule has 0 unspecified atom stereocenters. The smallest absolute Gasteiger partial charge is 0.221 e. The molecule has 0 heterocycles. The van der Waals surface area contributed by atoms with E-state index in [1.807, 2.05) is 48.5 Å². The molecule has 4 nitrogen and oxygen atoms in total. The predicted octanol–water partition coefficient (Wildman–Crippen LogP) is 3.02. The van der Waals surface area contributed by atoms with E-state index in [0.29, 0.717) is 11.5 Å². The largest absolute Gasteiger partial charge is 0.383 e. The van der Waals surface area contributed by atoms with Crippen molar-refractivity contribution in [3.63, 3.8) is 0 Å². The Morgan fingerprint density at radius 1 is 1.14 bits per heavy atom. The summed E-state index contributed by atoms with van der Waals surface area (Å²) in [6, 6.07) is 17.1. The molecule has 3 N–H and O–H groups in total. The van der Waals surface area contributed by atoms with Crippen LogP contribution in [0.4, 0.5) is 5.69 Å². The molecule has 0 atom stereocenters. The Balaban J connectivity index is 2.12. The van der Waals surface area contributed by atoms with E-state index in [1.165, 1.54) is 6.92 Å². The zero-order valence-corrected chi connectivity index (χ0v) is 11.8. The molecule has 0 aliphatic carbocycles. The zero-order valence-electron chi connectivity index (χ0n) is 11.8. The molecule has 1 amide bonds. The van der Waals surface area contributed by atoms with Gasteiger partial charge >= 0.3 is 0 Å². The number of nitrogens with two attached hydrogens (primary N) is 1. The van der Waals surface area contributed by atoms with Gasteiger partial charge in [-0.25, -0.2) is 4.99 Å². The Morgan fingerprint density at radius 3 is 2.62 bits per heavy atom. The Bertz CT molecular complexity index is 675. The minimum atomic E-state index is -0.119. The second kappa shape index (κ2) is 7.05. The fourth-order valence-corrected chi connectivity index (χ4v) is 1.80. The number of rotatable bonds is 4. The molecule has 0 aliphatic heterocycles. The van der Waals surface area contributed by atoms with Crippen molar-refractivity contribution in [3.8, 4) is 0 Å². The number of nitrogens with zero attached hydrogens (tertiary/aromatic N) is 1. The van der Waals surface area contributed by atoms with Crippen molar-refractivity contribution in [2.75, 3.05) is 5.32 Å².